The number of fused-ring (bicyclic) bond motifs is 1. The molecule has 1 aromatic carbocycles. The first-order valence-electron chi connectivity index (χ1n) is 11.0. The molecule has 8 nitrogen and oxygen atoms in total. The average molecular weight is 489 g/mol. The number of nitrogens with zero attached hydrogens (tertiary/aromatic N) is 1. The van der Waals surface area contributed by atoms with Gasteiger partial charge in [0.2, 0.25) is 11.6 Å². The van der Waals surface area contributed by atoms with Crippen molar-refractivity contribution in [3.63, 3.8) is 0 Å². The van der Waals surface area contributed by atoms with Crippen LogP contribution in [0.5, 0.6) is 0 Å². The summed E-state index contributed by atoms with van der Waals surface area (Å²) < 4.78 is 11.7. The van der Waals surface area contributed by atoms with E-state index in [0.29, 0.717) is 16.3 Å². The second-order valence-electron chi connectivity index (χ2n) is 7.64. The summed E-state index contributed by atoms with van der Waals surface area (Å²) in [4.78, 5) is 38.9. The van der Waals surface area contributed by atoms with Crippen LogP contribution in [-0.4, -0.2) is 29.5 Å². The van der Waals surface area contributed by atoms with Crippen LogP contribution < -0.4 is 15.6 Å². The summed E-state index contributed by atoms with van der Waals surface area (Å²) in [6.45, 7) is 2.04. The Morgan fingerprint density at radius 2 is 1.94 bits per heavy atom. The fourth-order valence-electron chi connectivity index (χ4n) is 3.86. The van der Waals surface area contributed by atoms with Crippen LogP contribution in [0.3, 0.4) is 0 Å². The first kappa shape index (κ1) is 23.3. The van der Waals surface area contributed by atoms with Crippen molar-refractivity contribution in [2.24, 2.45) is 0 Å². The highest BCUT2D eigenvalue weighted by atomic mass is 32.2. The normalized spacial score (nSPS) is 13.6. The van der Waals surface area contributed by atoms with Gasteiger partial charge in [-0.25, -0.2) is 9.59 Å². The number of aryl methyl sites for hydroxylation is 1. The second kappa shape index (κ2) is 10.8. The standard InChI is InChI=1S/C23H25N3O5S2/c1-2-30-22(28)19-16-12-8-3-4-9-13-17(16)33-20(19)24-18(27)14-32-21-23(29)31-25-26(21)15-10-6-5-7-11-15/h5-7,10-11H,2-4,8-9,12-14H2,1H3,(H-,24,25,27,28,29)/p+1. The summed E-state index contributed by atoms with van der Waals surface area (Å²) in [7, 11) is 0. The van der Waals surface area contributed by atoms with Gasteiger partial charge in [0.05, 0.1) is 17.9 Å². The first-order valence-corrected chi connectivity index (χ1v) is 12.8. The topological polar surface area (TPSA) is 105 Å². The molecule has 0 atom stereocenters. The summed E-state index contributed by atoms with van der Waals surface area (Å²) in [5.41, 5.74) is 1.66. The summed E-state index contributed by atoms with van der Waals surface area (Å²) in [5, 5.41) is 6.25. The van der Waals surface area contributed by atoms with Crippen molar-refractivity contribution in [1.82, 2.24) is 5.27 Å². The van der Waals surface area contributed by atoms with Gasteiger partial charge in [-0.15, -0.1) is 11.3 Å². The van der Waals surface area contributed by atoms with Crippen LogP contribution in [0.15, 0.2) is 44.7 Å². The van der Waals surface area contributed by atoms with Crippen LogP contribution in [0.1, 0.15) is 53.4 Å². The van der Waals surface area contributed by atoms with Gasteiger partial charge in [-0.05, 0) is 59.9 Å². The number of ether oxygens (including phenoxy) is 1. The van der Waals surface area contributed by atoms with Gasteiger partial charge in [-0.3, -0.25) is 9.32 Å². The van der Waals surface area contributed by atoms with Gasteiger partial charge < -0.3 is 10.1 Å². The molecule has 0 unspecified atom stereocenters. The Morgan fingerprint density at radius 1 is 1.18 bits per heavy atom. The van der Waals surface area contributed by atoms with E-state index in [9.17, 15) is 14.4 Å². The van der Waals surface area contributed by atoms with Gasteiger partial charge in [0.25, 0.3) is 0 Å². The molecule has 1 amide bonds. The lowest BCUT2D eigenvalue weighted by Gasteiger charge is -2.11. The maximum atomic E-state index is 12.8. The molecule has 1 aliphatic rings. The predicted molar refractivity (Wildman–Crippen MR) is 126 cm³/mol. The molecule has 0 saturated heterocycles. The molecule has 1 aliphatic carbocycles. The third-order valence-electron chi connectivity index (χ3n) is 5.37. The number of carbonyl (C=O) groups is 2. The molecule has 0 bridgehead atoms. The number of nitrogens with one attached hydrogen (secondary N) is 2. The SMILES string of the molecule is CCOC(=O)c1c(NC(=O)CSc2c(=O)o[nH][n+]2-c2ccccc2)sc2c1CCCCCC2. The lowest BCUT2D eigenvalue weighted by Crippen LogP contribution is -2.36. The minimum atomic E-state index is -0.553. The zero-order valence-electron chi connectivity index (χ0n) is 18.3. The highest BCUT2D eigenvalue weighted by Crippen LogP contribution is 2.37. The molecule has 33 heavy (non-hydrogen) atoms. The number of hydrogen-bond donors (Lipinski definition) is 2. The molecule has 174 valence electrons. The summed E-state index contributed by atoms with van der Waals surface area (Å²) >= 11 is 2.53. The first-order chi connectivity index (χ1) is 16.1. The quantitative estimate of drug-likeness (QED) is 0.297. The minimum Gasteiger partial charge on any atom is -0.462 e. The van der Waals surface area contributed by atoms with Crippen molar-refractivity contribution in [3.05, 3.63) is 56.8 Å². The molecule has 0 aliphatic heterocycles. The number of hydrogen-bond acceptors (Lipinski definition) is 7. The maximum absolute atomic E-state index is 12.8. The van der Waals surface area contributed by atoms with Crippen LogP contribution >= 0.6 is 23.1 Å². The van der Waals surface area contributed by atoms with Gasteiger partial charge in [0.1, 0.15) is 5.00 Å². The molecule has 2 N–H and O–H groups in total. The second-order valence-corrected chi connectivity index (χ2v) is 9.71. The van der Waals surface area contributed by atoms with E-state index in [1.807, 2.05) is 30.3 Å². The number of H-pyrrole nitrogens is 1. The highest BCUT2D eigenvalue weighted by Gasteiger charge is 2.28. The van der Waals surface area contributed by atoms with E-state index in [4.69, 9.17) is 9.26 Å². The predicted octanol–water partition coefficient (Wildman–Crippen LogP) is 3.87. The number of para-hydroxylation sites is 1. The molecule has 0 radical (unpaired) electrons. The van der Waals surface area contributed by atoms with Crippen LogP contribution in [0.2, 0.25) is 0 Å². The van der Waals surface area contributed by atoms with Crippen molar-refractivity contribution < 1.29 is 23.5 Å². The van der Waals surface area contributed by atoms with E-state index < -0.39 is 11.6 Å². The Hall–Kier alpha value is -2.85. The Bertz CT molecular complexity index is 1180. The number of thioether (sulfide) groups is 1. The lowest BCUT2D eigenvalue weighted by atomic mass is 9.96. The van der Waals surface area contributed by atoms with E-state index in [0.717, 1.165) is 54.3 Å². The minimum absolute atomic E-state index is 0.0136. The van der Waals surface area contributed by atoms with Gasteiger partial charge in [0.15, 0.2) is 0 Å². The Labute approximate surface area is 199 Å². The maximum Gasteiger partial charge on any atom is 0.442 e. The van der Waals surface area contributed by atoms with Gasteiger partial charge in [-0.1, -0.05) is 31.0 Å². The Morgan fingerprint density at radius 3 is 2.70 bits per heavy atom. The average Bonchev–Trinajstić information content (AvgIpc) is 3.32. The monoisotopic (exact) mass is 488 g/mol. The Kier molecular flexibility index (Phi) is 7.66. The molecular formula is C23H26N3O5S2+. The smallest absolute Gasteiger partial charge is 0.442 e. The van der Waals surface area contributed by atoms with Crippen LogP contribution in [0, 0.1) is 0 Å². The molecule has 2 heterocycles. The van der Waals surface area contributed by atoms with Crippen LogP contribution in [0.4, 0.5) is 5.00 Å². The number of esters is 1. The fourth-order valence-corrected chi connectivity index (χ4v) is 5.92. The molecule has 10 heteroatoms. The largest absolute Gasteiger partial charge is 0.462 e. The Balaban J connectivity index is 1.52. The zero-order chi connectivity index (χ0) is 23.2. The molecule has 3 aromatic rings. The van der Waals surface area contributed by atoms with Gasteiger partial charge in [0, 0.05) is 17.0 Å². The molecule has 0 saturated carbocycles. The lowest BCUT2D eigenvalue weighted by molar-refractivity contribution is -0.704. The van der Waals surface area contributed by atoms with Crippen molar-refractivity contribution >= 4 is 40.0 Å². The molecule has 0 spiro atoms. The van der Waals surface area contributed by atoms with Crippen LogP contribution in [0.25, 0.3) is 5.69 Å². The number of rotatable bonds is 7. The van der Waals surface area contributed by atoms with Crippen molar-refractivity contribution in [2.75, 3.05) is 17.7 Å². The summed E-state index contributed by atoms with van der Waals surface area (Å²) in [6, 6.07) is 9.20. The number of carbonyl (C=O) groups excluding carboxylic acids is 2. The van der Waals surface area contributed by atoms with E-state index >= 15 is 0 Å². The summed E-state index contributed by atoms with van der Waals surface area (Å²) in [6.07, 6.45) is 6.11. The van der Waals surface area contributed by atoms with Crippen molar-refractivity contribution in [1.29, 1.82) is 0 Å². The van der Waals surface area contributed by atoms with E-state index in [1.165, 1.54) is 22.4 Å². The van der Waals surface area contributed by atoms with Gasteiger partial charge in [-0.2, -0.15) is 0 Å². The third-order valence-corrected chi connectivity index (χ3v) is 7.60. The summed E-state index contributed by atoms with van der Waals surface area (Å²) in [5.74, 6) is -0.716. The molecular weight excluding hydrogens is 462 g/mol. The van der Waals surface area contributed by atoms with E-state index in [-0.39, 0.29) is 23.3 Å². The molecule has 2 aromatic heterocycles. The zero-order valence-corrected chi connectivity index (χ0v) is 20.0. The number of anilines is 1. The fraction of sp³-hybridized carbons (Fsp3) is 0.391. The number of amides is 1. The van der Waals surface area contributed by atoms with Gasteiger partial charge >= 0.3 is 16.6 Å². The van der Waals surface area contributed by atoms with Crippen molar-refractivity contribution in [2.45, 2.75) is 50.5 Å². The third kappa shape index (κ3) is 5.39. The number of aromatic amines is 1. The number of thiophene rings is 1. The van der Waals surface area contributed by atoms with E-state index in [1.54, 1.807) is 6.92 Å². The van der Waals surface area contributed by atoms with E-state index in [2.05, 4.69) is 10.6 Å². The highest BCUT2D eigenvalue weighted by molar-refractivity contribution is 7.99. The number of aromatic nitrogens is 2. The van der Waals surface area contributed by atoms with Crippen LogP contribution in [-0.2, 0) is 22.4 Å². The molecule has 0 fully saturated rings. The van der Waals surface area contributed by atoms with Crippen molar-refractivity contribution in [3.8, 4) is 5.69 Å². The number of benzene rings is 1. The molecule has 4 rings (SSSR count).